The SMILES string of the molecule is CCOC(=O)C12CC(CI)(C1)OC2c1ccc(OC)cc1. The Labute approximate surface area is 138 Å². The first-order valence-electron chi connectivity index (χ1n) is 7.14. The van der Waals surface area contributed by atoms with Crippen LogP contribution >= 0.6 is 22.6 Å². The van der Waals surface area contributed by atoms with Crippen molar-refractivity contribution in [3.8, 4) is 5.75 Å². The minimum absolute atomic E-state index is 0.121. The van der Waals surface area contributed by atoms with E-state index in [4.69, 9.17) is 14.2 Å². The van der Waals surface area contributed by atoms with Crippen molar-refractivity contribution in [1.29, 1.82) is 0 Å². The van der Waals surface area contributed by atoms with Gasteiger partial charge in [-0.1, -0.05) is 34.7 Å². The van der Waals surface area contributed by atoms with E-state index in [1.807, 2.05) is 31.2 Å². The molecule has 1 aromatic carbocycles. The number of fused-ring (bicyclic) bond motifs is 1. The van der Waals surface area contributed by atoms with Crippen LogP contribution in [0.1, 0.15) is 31.4 Å². The maximum Gasteiger partial charge on any atom is 0.315 e. The Morgan fingerprint density at radius 2 is 2.05 bits per heavy atom. The molecular formula is C16H19IO4. The number of benzene rings is 1. The van der Waals surface area contributed by atoms with Crippen molar-refractivity contribution in [1.82, 2.24) is 0 Å². The van der Waals surface area contributed by atoms with E-state index >= 15 is 0 Å². The Morgan fingerprint density at radius 1 is 1.38 bits per heavy atom. The Balaban J connectivity index is 1.90. The molecule has 5 heteroatoms. The molecule has 1 aromatic rings. The zero-order chi connectivity index (χ0) is 15.1. The summed E-state index contributed by atoms with van der Waals surface area (Å²) >= 11 is 2.34. The van der Waals surface area contributed by atoms with Gasteiger partial charge in [-0.05, 0) is 37.5 Å². The Hall–Kier alpha value is -0.820. The number of carbonyl (C=O) groups excluding carboxylic acids is 1. The molecule has 21 heavy (non-hydrogen) atoms. The molecule has 1 aliphatic carbocycles. The number of methoxy groups -OCH3 is 1. The van der Waals surface area contributed by atoms with Crippen LogP contribution in [0.5, 0.6) is 5.75 Å². The zero-order valence-corrected chi connectivity index (χ0v) is 14.4. The van der Waals surface area contributed by atoms with E-state index in [1.165, 1.54) is 0 Å². The Kier molecular flexibility index (Phi) is 3.90. The predicted molar refractivity (Wildman–Crippen MR) is 86.7 cm³/mol. The van der Waals surface area contributed by atoms with Gasteiger partial charge in [-0.15, -0.1) is 0 Å². The number of esters is 1. The summed E-state index contributed by atoms with van der Waals surface area (Å²) in [6.45, 7) is 2.25. The average molecular weight is 402 g/mol. The van der Waals surface area contributed by atoms with Gasteiger partial charge in [0.25, 0.3) is 0 Å². The van der Waals surface area contributed by atoms with Crippen molar-refractivity contribution in [3.05, 3.63) is 29.8 Å². The molecule has 3 aliphatic rings. The van der Waals surface area contributed by atoms with Crippen LogP contribution in [0, 0.1) is 5.41 Å². The highest BCUT2D eigenvalue weighted by Gasteiger charge is 2.71. The van der Waals surface area contributed by atoms with Crippen LogP contribution in [0.3, 0.4) is 0 Å². The first-order chi connectivity index (χ1) is 10.1. The first kappa shape index (κ1) is 15.1. The van der Waals surface area contributed by atoms with Gasteiger partial charge in [0.15, 0.2) is 0 Å². The van der Waals surface area contributed by atoms with E-state index < -0.39 is 5.41 Å². The van der Waals surface area contributed by atoms with Crippen LogP contribution in [-0.2, 0) is 14.3 Å². The number of hydrogen-bond acceptors (Lipinski definition) is 4. The molecule has 0 amide bonds. The summed E-state index contributed by atoms with van der Waals surface area (Å²) in [5.74, 6) is 0.682. The predicted octanol–water partition coefficient (Wildman–Crippen LogP) is 3.28. The lowest BCUT2D eigenvalue weighted by Gasteiger charge is -2.42. The second-order valence-electron chi connectivity index (χ2n) is 5.82. The van der Waals surface area contributed by atoms with Crippen LogP contribution in [0.25, 0.3) is 0 Å². The third kappa shape index (κ3) is 2.25. The second-order valence-corrected chi connectivity index (χ2v) is 6.58. The summed E-state index contributed by atoms with van der Waals surface area (Å²) in [6, 6.07) is 7.77. The lowest BCUT2D eigenvalue weighted by Crippen LogP contribution is -2.50. The van der Waals surface area contributed by atoms with Crippen molar-refractivity contribution in [2.24, 2.45) is 5.41 Å². The van der Waals surface area contributed by atoms with Gasteiger partial charge >= 0.3 is 5.97 Å². The van der Waals surface area contributed by atoms with Crippen molar-refractivity contribution < 1.29 is 19.0 Å². The van der Waals surface area contributed by atoms with Gasteiger partial charge in [0, 0.05) is 4.43 Å². The van der Waals surface area contributed by atoms with E-state index in [0.29, 0.717) is 6.61 Å². The number of halogens is 1. The smallest absolute Gasteiger partial charge is 0.315 e. The summed E-state index contributed by atoms with van der Waals surface area (Å²) in [7, 11) is 1.64. The van der Waals surface area contributed by atoms with Crippen LogP contribution in [0.2, 0.25) is 0 Å². The van der Waals surface area contributed by atoms with E-state index in [1.54, 1.807) is 7.11 Å². The summed E-state index contributed by atoms with van der Waals surface area (Å²) in [5.41, 5.74) is 0.362. The van der Waals surface area contributed by atoms with Gasteiger partial charge in [-0.2, -0.15) is 0 Å². The first-order valence-corrected chi connectivity index (χ1v) is 8.67. The summed E-state index contributed by atoms with van der Waals surface area (Å²) in [4.78, 5) is 12.4. The lowest BCUT2D eigenvalue weighted by molar-refractivity contribution is -0.161. The zero-order valence-electron chi connectivity index (χ0n) is 12.2. The molecule has 1 unspecified atom stereocenters. The molecule has 3 fully saturated rings. The maximum atomic E-state index is 12.4. The number of ether oxygens (including phenoxy) is 3. The molecule has 1 saturated carbocycles. The number of carbonyl (C=O) groups is 1. The summed E-state index contributed by atoms with van der Waals surface area (Å²) in [5, 5.41) is 0. The summed E-state index contributed by atoms with van der Waals surface area (Å²) < 4.78 is 17.6. The molecule has 2 aliphatic heterocycles. The highest BCUT2D eigenvalue weighted by atomic mass is 127. The molecule has 0 aromatic heterocycles. The van der Waals surface area contributed by atoms with Gasteiger partial charge < -0.3 is 14.2 Å². The molecule has 1 atom stereocenters. The molecule has 2 heterocycles. The van der Waals surface area contributed by atoms with Crippen LogP contribution < -0.4 is 4.74 Å². The minimum atomic E-state index is -0.504. The Bertz CT molecular complexity index is 534. The number of rotatable bonds is 5. The van der Waals surface area contributed by atoms with Crippen LogP contribution in [-0.4, -0.2) is 29.7 Å². The van der Waals surface area contributed by atoms with Gasteiger partial charge in [-0.3, -0.25) is 4.79 Å². The fourth-order valence-corrected chi connectivity index (χ4v) is 4.27. The van der Waals surface area contributed by atoms with Gasteiger partial charge in [-0.25, -0.2) is 0 Å². The largest absolute Gasteiger partial charge is 0.497 e. The quantitative estimate of drug-likeness (QED) is 0.431. The topological polar surface area (TPSA) is 44.8 Å². The van der Waals surface area contributed by atoms with Crippen LogP contribution in [0.15, 0.2) is 24.3 Å². The normalized spacial score (nSPS) is 33.4. The van der Waals surface area contributed by atoms with Crippen molar-refractivity contribution in [2.45, 2.75) is 31.5 Å². The molecule has 4 nitrogen and oxygen atoms in total. The highest BCUT2D eigenvalue weighted by molar-refractivity contribution is 14.1. The fourth-order valence-electron chi connectivity index (χ4n) is 3.55. The molecule has 2 saturated heterocycles. The van der Waals surface area contributed by atoms with Crippen LogP contribution in [0.4, 0.5) is 0 Å². The molecule has 2 bridgehead atoms. The van der Waals surface area contributed by atoms with Gasteiger partial charge in [0.05, 0.1) is 25.4 Å². The van der Waals surface area contributed by atoms with Gasteiger partial charge in [0.1, 0.15) is 11.2 Å². The average Bonchev–Trinajstić information content (AvgIpc) is 2.99. The molecule has 0 N–H and O–H groups in total. The minimum Gasteiger partial charge on any atom is -0.497 e. The van der Waals surface area contributed by atoms with E-state index in [-0.39, 0.29) is 17.7 Å². The lowest BCUT2D eigenvalue weighted by atomic mass is 9.60. The van der Waals surface area contributed by atoms with Gasteiger partial charge in [0.2, 0.25) is 0 Å². The van der Waals surface area contributed by atoms with E-state index in [0.717, 1.165) is 28.6 Å². The molecule has 0 radical (unpaired) electrons. The monoisotopic (exact) mass is 402 g/mol. The number of hydrogen-bond donors (Lipinski definition) is 0. The highest BCUT2D eigenvalue weighted by Crippen LogP contribution is 2.68. The molecular weight excluding hydrogens is 383 g/mol. The molecule has 114 valence electrons. The number of alkyl halides is 1. The van der Waals surface area contributed by atoms with Crippen molar-refractivity contribution >= 4 is 28.6 Å². The fraction of sp³-hybridized carbons (Fsp3) is 0.562. The Morgan fingerprint density at radius 3 is 2.57 bits per heavy atom. The standard InChI is InChI=1S/C16H19IO4/c1-3-20-14(18)16-8-15(9-16,10-17)21-13(16)11-4-6-12(19-2)7-5-11/h4-7,13H,3,8-10H2,1-2H3. The molecule has 0 spiro atoms. The van der Waals surface area contributed by atoms with Crippen molar-refractivity contribution in [2.75, 3.05) is 18.1 Å². The molecule has 4 rings (SSSR count). The maximum absolute atomic E-state index is 12.4. The van der Waals surface area contributed by atoms with E-state index in [2.05, 4.69) is 22.6 Å². The van der Waals surface area contributed by atoms with Crippen molar-refractivity contribution in [3.63, 3.8) is 0 Å². The van der Waals surface area contributed by atoms with E-state index in [9.17, 15) is 4.79 Å². The third-order valence-electron chi connectivity index (χ3n) is 4.49. The second kappa shape index (κ2) is 5.43. The summed E-state index contributed by atoms with van der Waals surface area (Å²) in [6.07, 6.45) is 1.31. The third-order valence-corrected chi connectivity index (χ3v) is 5.88.